The Balaban J connectivity index is 2.49. The van der Waals surface area contributed by atoms with Crippen molar-refractivity contribution in [1.82, 2.24) is 5.32 Å². The lowest BCUT2D eigenvalue weighted by atomic mass is 10.1. The topological polar surface area (TPSA) is 52.5 Å². The summed E-state index contributed by atoms with van der Waals surface area (Å²) in [6, 6.07) is 4.41. The summed E-state index contributed by atoms with van der Waals surface area (Å²) in [5.74, 6) is -0.334. The molecule has 1 unspecified atom stereocenters. The number of hydrogen-bond acceptors (Lipinski definition) is 4. The minimum Gasteiger partial charge on any atom is -0.505 e. The van der Waals surface area contributed by atoms with Crippen molar-refractivity contribution >= 4 is 11.8 Å². The van der Waals surface area contributed by atoms with Crippen molar-refractivity contribution in [2.24, 2.45) is 0 Å². The molecule has 0 saturated carbocycles. The van der Waals surface area contributed by atoms with Crippen LogP contribution < -0.4 is 5.32 Å². The van der Waals surface area contributed by atoms with Gasteiger partial charge in [-0.2, -0.15) is 11.8 Å². The molecule has 0 heterocycles. The molecule has 0 aromatic heterocycles. The number of thioether (sulfide) groups is 1. The smallest absolute Gasteiger partial charge is 0.165 e. The Hall–Kier alpha value is -0.780. The van der Waals surface area contributed by atoms with E-state index in [4.69, 9.17) is 0 Å². The highest BCUT2D eigenvalue weighted by atomic mass is 32.2. The molecule has 3 N–H and O–H groups in total. The van der Waals surface area contributed by atoms with Crippen LogP contribution in [0, 0.1) is 5.82 Å². The Morgan fingerprint density at radius 3 is 2.82 bits per heavy atom. The van der Waals surface area contributed by atoms with Crippen LogP contribution in [0.3, 0.4) is 0 Å². The number of rotatable bonds is 6. The number of benzene rings is 1. The second-order valence-corrected chi connectivity index (χ2v) is 5.15. The van der Waals surface area contributed by atoms with Crippen molar-refractivity contribution in [3.8, 4) is 5.75 Å². The lowest BCUT2D eigenvalue weighted by Gasteiger charge is -2.22. The molecule has 17 heavy (non-hydrogen) atoms. The Labute approximate surface area is 105 Å². The van der Waals surface area contributed by atoms with Crippen LogP contribution in [0.2, 0.25) is 0 Å². The van der Waals surface area contributed by atoms with E-state index in [2.05, 4.69) is 5.32 Å². The molecule has 0 bridgehead atoms. The van der Waals surface area contributed by atoms with Gasteiger partial charge >= 0.3 is 0 Å². The van der Waals surface area contributed by atoms with Crippen molar-refractivity contribution in [3.05, 3.63) is 29.6 Å². The number of aliphatic hydroxyl groups is 1. The molecule has 5 heteroatoms. The number of phenolic OH excluding ortho intramolecular Hbond substituents is 1. The molecule has 0 amide bonds. The van der Waals surface area contributed by atoms with Crippen molar-refractivity contribution in [1.29, 1.82) is 0 Å². The third-order valence-electron chi connectivity index (χ3n) is 2.35. The Kier molecular flexibility index (Phi) is 5.24. The van der Waals surface area contributed by atoms with Gasteiger partial charge in [0.1, 0.15) is 0 Å². The van der Waals surface area contributed by atoms with E-state index in [1.165, 1.54) is 6.07 Å². The lowest BCUT2D eigenvalue weighted by molar-refractivity contribution is 0.0845. The van der Waals surface area contributed by atoms with Crippen LogP contribution in [0.15, 0.2) is 18.2 Å². The van der Waals surface area contributed by atoms with Crippen LogP contribution in [0.5, 0.6) is 5.75 Å². The van der Waals surface area contributed by atoms with Gasteiger partial charge in [-0.3, -0.25) is 0 Å². The number of nitrogens with one attached hydrogen (secondary N) is 1. The Morgan fingerprint density at radius 2 is 2.18 bits per heavy atom. The second kappa shape index (κ2) is 6.23. The fraction of sp³-hybridized carbons (Fsp3) is 0.500. The lowest BCUT2D eigenvalue weighted by Crippen LogP contribution is -2.39. The van der Waals surface area contributed by atoms with E-state index in [9.17, 15) is 14.6 Å². The molecule has 1 rings (SSSR count). The first-order valence-electron chi connectivity index (χ1n) is 5.34. The number of para-hydroxylation sites is 1. The SMILES string of the molecule is CSCC(C)(O)CNCc1cccc(F)c1O. The summed E-state index contributed by atoms with van der Waals surface area (Å²) < 4.78 is 13.0. The molecular formula is C12H18FNO2S. The Bertz CT molecular complexity index is 372. The zero-order valence-electron chi connectivity index (χ0n) is 10.0. The van der Waals surface area contributed by atoms with Crippen LogP contribution in [0.1, 0.15) is 12.5 Å². The molecule has 0 aliphatic rings. The van der Waals surface area contributed by atoms with Crippen LogP contribution in [0.25, 0.3) is 0 Å². The van der Waals surface area contributed by atoms with Gasteiger partial charge in [0.05, 0.1) is 5.60 Å². The highest BCUT2D eigenvalue weighted by molar-refractivity contribution is 7.98. The minimum absolute atomic E-state index is 0.328. The van der Waals surface area contributed by atoms with Gasteiger partial charge in [0, 0.05) is 24.4 Å². The van der Waals surface area contributed by atoms with E-state index in [1.54, 1.807) is 30.8 Å². The van der Waals surface area contributed by atoms with Gasteiger partial charge in [-0.1, -0.05) is 12.1 Å². The first-order chi connectivity index (χ1) is 7.96. The summed E-state index contributed by atoms with van der Waals surface area (Å²) in [6.07, 6.45) is 1.92. The fourth-order valence-electron chi connectivity index (χ4n) is 1.53. The van der Waals surface area contributed by atoms with Crippen molar-refractivity contribution in [2.45, 2.75) is 19.1 Å². The zero-order valence-corrected chi connectivity index (χ0v) is 10.9. The maximum Gasteiger partial charge on any atom is 0.165 e. The third-order valence-corrected chi connectivity index (χ3v) is 3.26. The maximum atomic E-state index is 13.0. The van der Waals surface area contributed by atoms with E-state index in [0.29, 0.717) is 24.4 Å². The average Bonchev–Trinajstić information content (AvgIpc) is 2.24. The molecule has 0 radical (unpaired) electrons. The minimum atomic E-state index is -0.803. The largest absolute Gasteiger partial charge is 0.505 e. The average molecular weight is 259 g/mol. The van der Waals surface area contributed by atoms with Crippen LogP contribution in [-0.2, 0) is 6.54 Å². The normalized spacial score (nSPS) is 14.6. The van der Waals surface area contributed by atoms with Gasteiger partial charge in [-0.15, -0.1) is 0 Å². The molecular weight excluding hydrogens is 241 g/mol. The molecule has 0 fully saturated rings. The zero-order chi connectivity index (χ0) is 12.9. The molecule has 0 aliphatic heterocycles. The van der Waals surface area contributed by atoms with Crippen molar-refractivity contribution in [2.75, 3.05) is 18.6 Å². The first-order valence-corrected chi connectivity index (χ1v) is 6.74. The van der Waals surface area contributed by atoms with E-state index in [1.807, 2.05) is 6.26 Å². The fourth-order valence-corrected chi connectivity index (χ4v) is 2.26. The number of aromatic hydroxyl groups is 1. The molecule has 1 aromatic carbocycles. The highest BCUT2D eigenvalue weighted by Crippen LogP contribution is 2.20. The third kappa shape index (κ3) is 4.53. The summed E-state index contributed by atoms with van der Waals surface area (Å²) in [5, 5.41) is 22.4. The van der Waals surface area contributed by atoms with Gasteiger partial charge in [0.15, 0.2) is 11.6 Å². The predicted octanol–water partition coefficient (Wildman–Crippen LogP) is 1.73. The summed E-state index contributed by atoms with van der Waals surface area (Å²) in [6.45, 7) is 2.46. The molecule has 3 nitrogen and oxygen atoms in total. The predicted molar refractivity (Wildman–Crippen MR) is 68.8 cm³/mol. The monoisotopic (exact) mass is 259 g/mol. The molecule has 0 saturated heterocycles. The van der Waals surface area contributed by atoms with Crippen LogP contribution in [0.4, 0.5) is 4.39 Å². The summed E-state index contributed by atoms with van der Waals surface area (Å²) in [7, 11) is 0. The second-order valence-electron chi connectivity index (χ2n) is 4.28. The van der Waals surface area contributed by atoms with Crippen molar-refractivity contribution in [3.63, 3.8) is 0 Å². The van der Waals surface area contributed by atoms with Crippen LogP contribution in [-0.4, -0.2) is 34.4 Å². The van der Waals surface area contributed by atoms with Crippen LogP contribution >= 0.6 is 11.8 Å². The standard InChI is InChI=1S/C12H18FNO2S/c1-12(16,8-17-2)7-14-6-9-4-3-5-10(13)11(9)15/h3-5,14-16H,6-8H2,1-2H3. The Morgan fingerprint density at radius 1 is 1.47 bits per heavy atom. The van der Waals surface area contributed by atoms with E-state index >= 15 is 0 Å². The summed E-state index contributed by atoms with van der Waals surface area (Å²) >= 11 is 1.56. The molecule has 1 atom stereocenters. The van der Waals surface area contributed by atoms with Crippen molar-refractivity contribution < 1.29 is 14.6 Å². The van der Waals surface area contributed by atoms with E-state index in [-0.39, 0.29) is 5.75 Å². The van der Waals surface area contributed by atoms with Gasteiger partial charge in [0.25, 0.3) is 0 Å². The van der Waals surface area contributed by atoms with E-state index < -0.39 is 11.4 Å². The van der Waals surface area contributed by atoms with Gasteiger partial charge in [-0.25, -0.2) is 4.39 Å². The van der Waals surface area contributed by atoms with E-state index in [0.717, 1.165) is 0 Å². The first kappa shape index (κ1) is 14.3. The molecule has 1 aromatic rings. The summed E-state index contributed by atoms with van der Waals surface area (Å²) in [4.78, 5) is 0. The maximum absolute atomic E-state index is 13.0. The van der Waals surface area contributed by atoms with Gasteiger partial charge in [-0.05, 0) is 19.2 Å². The van der Waals surface area contributed by atoms with Gasteiger partial charge in [0.2, 0.25) is 0 Å². The molecule has 96 valence electrons. The summed E-state index contributed by atoms with van der Waals surface area (Å²) in [5.41, 5.74) is -0.313. The molecule has 0 aliphatic carbocycles. The highest BCUT2D eigenvalue weighted by Gasteiger charge is 2.19. The number of phenols is 1. The number of hydrogen-bond donors (Lipinski definition) is 3. The quantitative estimate of drug-likeness (QED) is 0.728. The molecule has 0 spiro atoms. The number of halogens is 1. The van der Waals surface area contributed by atoms with Gasteiger partial charge < -0.3 is 15.5 Å².